The van der Waals surface area contributed by atoms with Gasteiger partial charge in [0.15, 0.2) is 0 Å². The number of benzene rings is 1. The van der Waals surface area contributed by atoms with Crippen molar-refractivity contribution in [2.75, 3.05) is 0 Å². The van der Waals surface area contributed by atoms with Gasteiger partial charge in [-0.1, -0.05) is 18.2 Å². The molecule has 2 fully saturated rings. The molecule has 1 aromatic heterocycles. The monoisotopic (exact) mass is 365 g/mol. The summed E-state index contributed by atoms with van der Waals surface area (Å²) in [6, 6.07) is 13.6. The van der Waals surface area contributed by atoms with E-state index in [1.165, 1.54) is 6.42 Å². The Kier molecular flexibility index (Phi) is 5.12. The number of hydrogen-bond donors (Lipinski definition) is 2. The average Bonchev–Trinajstić information content (AvgIpc) is 3.28. The van der Waals surface area contributed by atoms with Crippen molar-refractivity contribution in [2.45, 2.75) is 44.9 Å². The van der Waals surface area contributed by atoms with Gasteiger partial charge in [0, 0.05) is 12.2 Å². The molecule has 0 aliphatic heterocycles. The van der Waals surface area contributed by atoms with Crippen LogP contribution in [0.2, 0.25) is 0 Å². The van der Waals surface area contributed by atoms with E-state index >= 15 is 0 Å². The Morgan fingerprint density at radius 3 is 2.85 bits per heavy atom. The summed E-state index contributed by atoms with van der Waals surface area (Å²) in [5, 5.41) is 3.17. The number of nitrogens with two attached hydrogens (primary N) is 1. The van der Waals surface area contributed by atoms with Gasteiger partial charge < -0.3 is 15.8 Å². The van der Waals surface area contributed by atoms with Crippen LogP contribution in [0.5, 0.6) is 5.75 Å². The summed E-state index contributed by atoms with van der Waals surface area (Å²) in [5.41, 5.74) is 8.22. The number of nitrogens with zero attached hydrogens (tertiary/aromatic N) is 1. The fraction of sp³-hybridized carbons (Fsp3) is 0.455. The zero-order valence-corrected chi connectivity index (χ0v) is 15.7. The van der Waals surface area contributed by atoms with E-state index in [0.717, 1.165) is 29.8 Å². The third-order valence-corrected chi connectivity index (χ3v) is 6.11. The van der Waals surface area contributed by atoms with Gasteiger partial charge >= 0.3 is 0 Å². The number of ether oxygens (including phenoxy) is 1. The summed E-state index contributed by atoms with van der Waals surface area (Å²) in [6.07, 6.45) is 5.19. The first-order valence-electron chi connectivity index (χ1n) is 9.80. The smallest absolute Gasteiger partial charge is 0.225 e. The number of carbonyl (C=O) groups is 1. The predicted molar refractivity (Wildman–Crippen MR) is 104 cm³/mol. The van der Waals surface area contributed by atoms with Crippen LogP contribution in [0.3, 0.4) is 0 Å². The van der Waals surface area contributed by atoms with Crippen LogP contribution in [-0.2, 0) is 11.4 Å². The molecular weight excluding hydrogens is 338 g/mol. The number of hydrogen-bond acceptors (Lipinski definition) is 4. The lowest BCUT2D eigenvalue weighted by molar-refractivity contribution is -0.127. The molecule has 1 heterocycles. The van der Waals surface area contributed by atoms with E-state index in [9.17, 15) is 4.79 Å². The maximum atomic E-state index is 12.8. The molecule has 5 nitrogen and oxygen atoms in total. The van der Waals surface area contributed by atoms with Crippen LogP contribution in [0.25, 0.3) is 0 Å². The Bertz CT molecular complexity index is 793. The van der Waals surface area contributed by atoms with Gasteiger partial charge in [0.2, 0.25) is 5.91 Å². The van der Waals surface area contributed by atoms with Gasteiger partial charge in [-0.25, -0.2) is 0 Å². The SMILES string of the molecule is CC(NC(=O)C1C2CCC(C2)C1N)c1cccc(OCc2ccccn2)c1. The minimum absolute atomic E-state index is 0.0176. The molecule has 2 bridgehead atoms. The summed E-state index contributed by atoms with van der Waals surface area (Å²) in [6.45, 7) is 2.43. The second-order valence-corrected chi connectivity index (χ2v) is 7.85. The van der Waals surface area contributed by atoms with Crippen LogP contribution in [-0.4, -0.2) is 16.9 Å². The van der Waals surface area contributed by atoms with Crippen LogP contribution in [0.15, 0.2) is 48.7 Å². The van der Waals surface area contributed by atoms with Crippen molar-refractivity contribution >= 4 is 5.91 Å². The number of fused-ring (bicyclic) bond motifs is 2. The molecule has 0 saturated heterocycles. The lowest BCUT2D eigenvalue weighted by Gasteiger charge is -2.28. The molecular formula is C22H27N3O2. The molecule has 2 saturated carbocycles. The molecule has 4 rings (SSSR count). The highest BCUT2D eigenvalue weighted by Crippen LogP contribution is 2.47. The van der Waals surface area contributed by atoms with Crippen molar-refractivity contribution in [2.24, 2.45) is 23.5 Å². The maximum Gasteiger partial charge on any atom is 0.225 e. The Morgan fingerprint density at radius 1 is 1.26 bits per heavy atom. The molecule has 3 N–H and O–H groups in total. The highest BCUT2D eigenvalue weighted by Gasteiger charge is 2.49. The average molecular weight is 365 g/mol. The number of rotatable bonds is 6. The third kappa shape index (κ3) is 3.83. The summed E-state index contributed by atoms with van der Waals surface area (Å²) >= 11 is 0. The molecule has 2 aliphatic rings. The number of amides is 1. The number of nitrogens with one attached hydrogen (secondary N) is 1. The molecule has 5 heteroatoms. The zero-order valence-electron chi connectivity index (χ0n) is 15.7. The lowest BCUT2D eigenvalue weighted by atomic mass is 9.84. The quantitative estimate of drug-likeness (QED) is 0.824. The van der Waals surface area contributed by atoms with E-state index in [1.54, 1.807) is 6.20 Å². The lowest BCUT2D eigenvalue weighted by Crippen LogP contribution is -2.45. The van der Waals surface area contributed by atoms with E-state index in [2.05, 4.69) is 10.3 Å². The normalized spacial score (nSPS) is 27.3. The van der Waals surface area contributed by atoms with Crippen molar-refractivity contribution in [3.8, 4) is 5.75 Å². The standard InChI is InChI=1S/C22H27N3O2/c1-14(25-22(26)20-16-8-9-17(11-16)21(20)23)15-5-4-7-19(12-15)27-13-18-6-2-3-10-24-18/h2-7,10,12,14,16-17,20-21H,8-9,11,13,23H2,1H3,(H,25,26). The van der Waals surface area contributed by atoms with Gasteiger partial charge in [-0.3, -0.25) is 9.78 Å². The van der Waals surface area contributed by atoms with Crippen molar-refractivity contribution < 1.29 is 9.53 Å². The fourth-order valence-electron chi connectivity index (χ4n) is 4.63. The minimum atomic E-state index is -0.0813. The second-order valence-electron chi connectivity index (χ2n) is 7.85. The molecule has 27 heavy (non-hydrogen) atoms. The Balaban J connectivity index is 1.37. The van der Waals surface area contributed by atoms with Crippen molar-refractivity contribution in [1.29, 1.82) is 0 Å². The molecule has 142 valence electrons. The minimum Gasteiger partial charge on any atom is -0.487 e. The van der Waals surface area contributed by atoms with Crippen molar-refractivity contribution in [1.82, 2.24) is 10.3 Å². The van der Waals surface area contributed by atoms with Gasteiger partial charge in [0.25, 0.3) is 0 Å². The summed E-state index contributed by atoms with van der Waals surface area (Å²) in [4.78, 5) is 17.1. The highest BCUT2D eigenvalue weighted by atomic mass is 16.5. The fourth-order valence-corrected chi connectivity index (χ4v) is 4.63. The van der Waals surface area contributed by atoms with E-state index in [4.69, 9.17) is 10.5 Å². The van der Waals surface area contributed by atoms with E-state index in [0.29, 0.717) is 18.4 Å². The van der Waals surface area contributed by atoms with Gasteiger partial charge in [-0.05, 0) is 67.9 Å². The second kappa shape index (κ2) is 7.69. The number of pyridine rings is 1. The summed E-state index contributed by atoms with van der Waals surface area (Å²) in [5.74, 6) is 1.84. The largest absolute Gasteiger partial charge is 0.487 e. The van der Waals surface area contributed by atoms with Crippen LogP contribution in [0.1, 0.15) is 43.5 Å². The van der Waals surface area contributed by atoms with Crippen molar-refractivity contribution in [3.63, 3.8) is 0 Å². The van der Waals surface area contributed by atoms with Crippen LogP contribution >= 0.6 is 0 Å². The van der Waals surface area contributed by atoms with E-state index in [1.807, 2.05) is 49.4 Å². The first-order valence-corrected chi connectivity index (χ1v) is 9.80. The van der Waals surface area contributed by atoms with Crippen molar-refractivity contribution in [3.05, 3.63) is 59.9 Å². The molecule has 0 spiro atoms. The molecule has 2 aromatic rings. The van der Waals surface area contributed by atoms with Gasteiger partial charge in [0.05, 0.1) is 17.7 Å². The Labute approximate surface area is 160 Å². The maximum absolute atomic E-state index is 12.8. The van der Waals surface area contributed by atoms with Gasteiger partial charge in [0.1, 0.15) is 12.4 Å². The predicted octanol–water partition coefficient (Wildman–Crippen LogP) is 3.21. The van der Waals surface area contributed by atoms with Gasteiger partial charge in [-0.2, -0.15) is 0 Å². The highest BCUT2D eigenvalue weighted by molar-refractivity contribution is 5.80. The molecule has 2 aliphatic carbocycles. The summed E-state index contributed by atoms with van der Waals surface area (Å²) < 4.78 is 5.85. The number of carbonyl (C=O) groups excluding carboxylic acids is 1. The molecule has 0 radical (unpaired) electrons. The van der Waals surface area contributed by atoms with Crippen LogP contribution in [0.4, 0.5) is 0 Å². The van der Waals surface area contributed by atoms with E-state index in [-0.39, 0.29) is 23.9 Å². The molecule has 5 atom stereocenters. The van der Waals surface area contributed by atoms with Gasteiger partial charge in [-0.15, -0.1) is 0 Å². The summed E-state index contributed by atoms with van der Waals surface area (Å²) in [7, 11) is 0. The molecule has 1 amide bonds. The third-order valence-electron chi connectivity index (χ3n) is 6.11. The molecule has 1 aromatic carbocycles. The Hall–Kier alpha value is -2.40. The molecule has 5 unspecified atom stereocenters. The van der Waals surface area contributed by atoms with E-state index < -0.39 is 0 Å². The first kappa shape index (κ1) is 18.0. The first-order chi connectivity index (χ1) is 13.1. The van der Waals surface area contributed by atoms with Crippen LogP contribution < -0.4 is 15.8 Å². The van der Waals surface area contributed by atoms with Crippen LogP contribution in [0, 0.1) is 17.8 Å². The number of aromatic nitrogens is 1. The topological polar surface area (TPSA) is 77.2 Å². The zero-order chi connectivity index (χ0) is 18.8. The Morgan fingerprint density at radius 2 is 2.11 bits per heavy atom.